The molecule has 0 fully saturated rings. The fourth-order valence-corrected chi connectivity index (χ4v) is 4.19. The van der Waals surface area contributed by atoms with Crippen LogP contribution >= 0.6 is 0 Å². The smallest absolute Gasteiger partial charge is 0.249 e. The highest BCUT2D eigenvalue weighted by molar-refractivity contribution is 6.02. The number of anilines is 1. The van der Waals surface area contributed by atoms with Gasteiger partial charge in [0.15, 0.2) is 23.1 Å². The molecule has 4 rings (SSSR count). The molecule has 0 bridgehead atoms. The zero-order chi connectivity index (χ0) is 26.7. The monoisotopic (exact) mass is 497 g/mol. The lowest BCUT2D eigenvalue weighted by Crippen LogP contribution is -2.14. The Hall–Kier alpha value is -4.84. The molecular formula is C28H27N5O4. The van der Waals surface area contributed by atoms with Crippen molar-refractivity contribution in [3.05, 3.63) is 70.4 Å². The summed E-state index contributed by atoms with van der Waals surface area (Å²) in [6.07, 6.45) is 4.36. The minimum absolute atomic E-state index is 0.217. The second kappa shape index (κ2) is 10.4. The highest BCUT2D eigenvalue weighted by atomic mass is 16.5. The van der Waals surface area contributed by atoms with Crippen LogP contribution in [0.5, 0.6) is 17.2 Å². The molecule has 0 unspecified atom stereocenters. The maximum Gasteiger partial charge on any atom is 0.249 e. The molecule has 0 saturated heterocycles. The van der Waals surface area contributed by atoms with Gasteiger partial charge in [0, 0.05) is 11.5 Å². The normalized spacial score (nSPS) is 10.9. The first-order valence-corrected chi connectivity index (χ1v) is 11.5. The summed E-state index contributed by atoms with van der Waals surface area (Å²) in [4.78, 5) is 17.7. The third kappa shape index (κ3) is 4.95. The van der Waals surface area contributed by atoms with Gasteiger partial charge in [-0.1, -0.05) is 11.6 Å². The molecule has 0 aliphatic rings. The lowest BCUT2D eigenvalue weighted by molar-refractivity contribution is -0.111. The molecule has 0 aliphatic carbocycles. The van der Waals surface area contributed by atoms with Crippen LogP contribution in [0.25, 0.3) is 22.8 Å². The number of rotatable bonds is 7. The number of methoxy groups -OCH3 is 3. The second-order valence-corrected chi connectivity index (χ2v) is 8.49. The van der Waals surface area contributed by atoms with Gasteiger partial charge in [0.25, 0.3) is 0 Å². The Morgan fingerprint density at radius 3 is 2.32 bits per heavy atom. The summed E-state index contributed by atoms with van der Waals surface area (Å²) in [7, 11) is 4.56. The average molecular weight is 498 g/mol. The summed E-state index contributed by atoms with van der Waals surface area (Å²) < 4.78 is 17.5. The van der Waals surface area contributed by atoms with E-state index >= 15 is 0 Å². The number of fused-ring (bicyclic) bond motifs is 1. The Bertz CT molecular complexity index is 1550. The van der Waals surface area contributed by atoms with Crippen LogP contribution in [0, 0.1) is 32.1 Å². The summed E-state index contributed by atoms with van der Waals surface area (Å²) in [5.74, 6) is 1.68. The van der Waals surface area contributed by atoms with Crippen LogP contribution in [-0.4, -0.2) is 42.0 Å². The number of benzene rings is 2. The highest BCUT2D eigenvalue weighted by Crippen LogP contribution is 2.38. The Morgan fingerprint density at radius 1 is 1.00 bits per heavy atom. The van der Waals surface area contributed by atoms with Gasteiger partial charge in [-0.25, -0.2) is 4.98 Å². The highest BCUT2D eigenvalue weighted by Gasteiger charge is 2.17. The molecule has 0 aliphatic heterocycles. The van der Waals surface area contributed by atoms with Gasteiger partial charge >= 0.3 is 0 Å². The van der Waals surface area contributed by atoms with Gasteiger partial charge in [0.1, 0.15) is 11.6 Å². The summed E-state index contributed by atoms with van der Waals surface area (Å²) in [5, 5.41) is 17.8. The maximum absolute atomic E-state index is 12.9. The average Bonchev–Trinajstić information content (AvgIpc) is 3.29. The van der Waals surface area contributed by atoms with E-state index in [-0.39, 0.29) is 11.4 Å². The molecule has 2 heterocycles. The molecule has 9 nitrogen and oxygen atoms in total. The largest absolute Gasteiger partial charge is 0.493 e. The first kappa shape index (κ1) is 25.3. The number of amides is 1. The number of nitrogens with zero attached hydrogens (tertiary/aromatic N) is 4. The lowest BCUT2D eigenvalue weighted by Gasteiger charge is -2.13. The Labute approximate surface area is 214 Å². The molecule has 2 aromatic carbocycles. The zero-order valence-corrected chi connectivity index (χ0v) is 21.5. The minimum atomic E-state index is -0.448. The van der Waals surface area contributed by atoms with E-state index in [9.17, 15) is 10.1 Å². The molecule has 4 aromatic rings. The van der Waals surface area contributed by atoms with Crippen molar-refractivity contribution in [2.75, 3.05) is 26.6 Å². The number of nitrogens with one attached hydrogen (secondary N) is 1. The fraction of sp³-hybridized carbons (Fsp3) is 0.214. The number of hydrogen-bond acceptors (Lipinski definition) is 7. The molecule has 0 atom stereocenters. The van der Waals surface area contributed by atoms with Crippen LogP contribution in [-0.2, 0) is 4.79 Å². The zero-order valence-electron chi connectivity index (χ0n) is 21.5. The van der Waals surface area contributed by atoms with Gasteiger partial charge in [-0.2, -0.15) is 15.0 Å². The van der Waals surface area contributed by atoms with Crippen LogP contribution in [0.3, 0.4) is 0 Å². The third-order valence-electron chi connectivity index (χ3n) is 5.90. The number of pyridine rings is 1. The van der Waals surface area contributed by atoms with Crippen molar-refractivity contribution in [3.63, 3.8) is 0 Å². The number of carbonyl (C=O) groups excluding carboxylic acids is 1. The van der Waals surface area contributed by atoms with Crippen molar-refractivity contribution >= 4 is 28.7 Å². The summed E-state index contributed by atoms with van der Waals surface area (Å²) >= 11 is 0. The Balaban J connectivity index is 1.68. The van der Waals surface area contributed by atoms with E-state index in [4.69, 9.17) is 19.2 Å². The van der Waals surface area contributed by atoms with Crippen LogP contribution in [0.4, 0.5) is 5.82 Å². The van der Waals surface area contributed by atoms with E-state index in [1.807, 2.05) is 26.8 Å². The summed E-state index contributed by atoms with van der Waals surface area (Å²) in [5.41, 5.74) is 4.92. The predicted molar refractivity (Wildman–Crippen MR) is 142 cm³/mol. The Morgan fingerprint density at radius 2 is 1.70 bits per heavy atom. The van der Waals surface area contributed by atoms with Crippen LogP contribution in [0.1, 0.15) is 27.8 Å². The van der Waals surface area contributed by atoms with Crippen molar-refractivity contribution in [3.8, 4) is 29.1 Å². The number of carbonyl (C=O) groups is 1. The first-order valence-electron chi connectivity index (χ1n) is 11.5. The third-order valence-corrected chi connectivity index (χ3v) is 5.90. The number of aryl methyl sites for hydroxylation is 3. The van der Waals surface area contributed by atoms with E-state index in [1.165, 1.54) is 38.3 Å². The van der Waals surface area contributed by atoms with Gasteiger partial charge in [-0.3, -0.25) is 4.79 Å². The van der Waals surface area contributed by atoms with E-state index in [0.717, 1.165) is 27.6 Å². The van der Waals surface area contributed by atoms with E-state index in [2.05, 4.69) is 28.6 Å². The molecule has 1 N–H and O–H groups in total. The molecule has 0 spiro atoms. The second-order valence-electron chi connectivity index (χ2n) is 8.49. The number of aromatic nitrogens is 3. The van der Waals surface area contributed by atoms with Crippen molar-refractivity contribution in [1.82, 2.24) is 14.8 Å². The molecular weight excluding hydrogens is 470 g/mol. The maximum atomic E-state index is 12.9. The molecule has 2 aromatic heterocycles. The van der Waals surface area contributed by atoms with Gasteiger partial charge < -0.3 is 19.5 Å². The van der Waals surface area contributed by atoms with Crippen LogP contribution < -0.4 is 19.5 Å². The quantitative estimate of drug-likeness (QED) is 0.362. The van der Waals surface area contributed by atoms with Crippen molar-refractivity contribution in [1.29, 1.82) is 5.26 Å². The molecule has 0 saturated carbocycles. The minimum Gasteiger partial charge on any atom is -0.493 e. The number of hydrogen-bond donors (Lipinski definition) is 1. The topological polar surface area (TPSA) is 111 Å². The predicted octanol–water partition coefficient (Wildman–Crippen LogP) is 4.90. The van der Waals surface area contributed by atoms with E-state index < -0.39 is 5.91 Å². The van der Waals surface area contributed by atoms with Crippen LogP contribution in [0.2, 0.25) is 0 Å². The van der Waals surface area contributed by atoms with Crippen molar-refractivity contribution in [2.24, 2.45) is 0 Å². The SMILES string of the molecule is COc1cc(/C=C/C(=O)Nc2c(C#N)cnn2-c2cc(C)c3cc(C)cc(C)c3n2)cc(OC)c1OC. The van der Waals surface area contributed by atoms with Crippen molar-refractivity contribution in [2.45, 2.75) is 20.8 Å². The van der Waals surface area contributed by atoms with Gasteiger partial charge in [-0.05, 0) is 67.8 Å². The molecule has 1 amide bonds. The summed E-state index contributed by atoms with van der Waals surface area (Å²) in [6.45, 7) is 6.05. The standard InChI is InChI=1S/C28H27N5O4/c1-16-9-18(3)26-21(10-16)17(2)11-24(31-26)33-28(20(14-29)15-30-33)32-25(34)8-7-19-12-22(35-4)27(37-6)23(13-19)36-5/h7-13,15H,1-6H3,(H,32,34)/b8-7+. The molecule has 0 radical (unpaired) electrons. The van der Waals surface area contributed by atoms with Gasteiger partial charge in [0.05, 0.1) is 33.0 Å². The molecule has 37 heavy (non-hydrogen) atoms. The van der Waals surface area contributed by atoms with Gasteiger partial charge in [0.2, 0.25) is 11.7 Å². The lowest BCUT2D eigenvalue weighted by atomic mass is 10.0. The van der Waals surface area contributed by atoms with E-state index in [1.54, 1.807) is 18.2 Å². The number of ether oxygens (including phenoxy) is 3. The Kier molecular flexibility index (Phi) is 7.11. The van der Waals surface area contributed by atoms with E-state index in [0.29, 0.717) is 28.6 Å². The fourth-order valence-electron chi connectivity index (χ4n) is 4.19. The van der Waals surface area contributed by atoms with Crippen LogP contribution in [0.15, 0.2) is 42.6 Å². The molecule has 188 valence electrons. The van der Waals surface area contributed by atoms with Crippen molar-refractivity contribution < 1.29 is 19.0 Å². The first-order chi connectivity index (χ1) is 17.8. The summed E-state index contributed by atoms with van der Waals surface area (Å²) in [6, 6.07) is 11.6. The molecule has 9 heteroatoms. The van der Waals surface area contributed by atoms with Gasteiger partial charge in [-0.15, -0.1) is 0 Å². The number of nitriles is 1.